The lowest BCUT2D eigenvalue weighted by Crippen LogP contribution is -2.30. The predicted molar refractivity (Wildman–Crippen MR) is 83.9 cm³/mol. The number of hydrogen-bond acceptors (Lipinski definition) is 3. The van der Waals surface area contributed by atoms with Crippen LogP contribution in [0.15, 0.2) is 12.1 Å². The Morgan fingerprint density at radius 2 is 1.89 bits per heavy atom. The fourth-order valence-electron chi connectivity index (χ4n) is 1.50. The highest BCUT2D eigenvalue weighted by Crippen LogP contribution is 2.14. The van der Waals surface area contributed by atoms with Gasteiger partial charge >= 0.3 is 7.12 Å². The molecular weight excluding hydrogens is 259 g/mol. The van der Waals surface area contributed by atoms with Crippen LogP contribution >= 0.6 is 12.6 Å². The number of thiol groups is 1. The molecule has 0 aliphatic carbocycles. The van der Waals surface area contributed by atoms with E-state index < -0.39 is 15.2 Å². The fraction of sp³-hybridized carbons (Fsp3) is 0.385. The maximum absolute atomic E-state index is 9.28. The summed E-state index contributed by atoms with van der Waals surface area (Å²) in [5, 5.41) is 18.6. The molecule has 5 heteroatoms. The molecule has 0 unspecified atom stereocenters. The third-order valence-electron chi connectivity index (χ3n) is 2.58. The third-order valence-corrected chi connectivity index (χ3v) is 3.79. The molecule has 0 heterocycles. The Balaban J connectivity index is 3.33. The smallest absolute Gasteiger partial charge is 0.423 e. The van der Waals surface area contributed by atoms with E-state index in [4.69, 9.17) is 0 Å². The summed E-state index contributed by atoms with van der Waals surface area (Å²) >= 11 is 4.27. The molecule has 0 amide bonds. The molecule has 0 aromatic heterocycles. The Bertz CT molecular complexity index is 498. The second-order valence-electron chi connectivity index (χ2n) is 5.38. The van der Waals surface area contributed by atoms with Gasteiger partial charge in [-0.3, -0.25) is 0 Å². The van der Waals surface area contributed by atoms with Crippen molar-refractivity contribution in [2.45, 2.75) is 32.3 Å². The Hall–Kier alpha value is -0.668. The monoisotopic (exact) mass is 278 g/mol. The van der Waals surface area contributed by atoms with E-state index in [2.05, 4.69) is 43.7 Å². The molecule has 0 aliphatic heterocycles. The maximum Gasteiger partial charge on any atom is 0.488 e. The largest absolute Gasteiger partial charge is 0.488 e. The maximum atomic E-state index is 9.28. The average Bonchev–Trinajstić information content (AvgIpc) is 2.26. The molecule has 0 aliphatic rings. The summed E-state index contributed by atoms with van der Waals surface area (Å²) in [7, 11) is -2.90. The molecule has 0 saturated heterocycles. The summed E-state index contributed by atoms with van der Waals surface area (Å²) in [6.07, 6.45) is 0. The van der Waals surface area contributed by atoms with Crippen LogP contribution in [0.4, 0.5) is 0 Å². The van der Waals surface area contributed by atoms with E-state index in [0.29, 0.717) is 11.2 Å². The van der Waals surface area contributed by atoms with Gasteiger partial charge in [0.2, 0.25) is 0 Å². The topological polar surface area (TPSA) is 40.5 Å². The van der Waals surface area contributed by atoms with Crippen LogP contribution in [-0.2, 0) is 5.75 Å². The molecule has 1 aromatic rings. The highest BCUT2D eigenvalue weighted by Gasteiger charge is 2.15. The molecule has 18 heavy (non-hydrogen) atoms. The van der Waals surface area contributed by atoms with E-state index in [1.165, 1.54) is 0 Å². The summed E-state index contributed by atoms with van der Waals surface area (Å²) in [6, 6.07) is 3.52. The van der Waals surface area contributed by atoms with Crippen molar-refractivity contribution in [3.63, 3.8) is 0 Å². The normalized spacial score (nSPS) is 10.8. The van der Waals surface area contributed by atoms with E-state index >= 15 is 0 Å². The van der Waals surface area contributed by atoms with E-state index in [9.17, 15) is 10.0 Å². The van der Waals surface area contributed by atoms with Crippen molar-refractivity contribution in [2.75, 3.05) is 0 Å². The van der Waals surface area contributed by atoms with Crippen LogP contribution in [0.3, 0.4) is 0 Å². The fourth-order valence-corrected chi connectivity index (χ4v) is 2.34. The molecule has 2 N–H and O–H groups in total. The molecule has 1 rings (SSSR count). The molecule has 0 radical (unpaired) electrons. The van der Waals surface area contributed by atoms with Gasteiger partial charge in [0.15, 0.2) is 0 Å². The van der Waals surface area contributed by atoms with Crippen molar-refractivity contribution in [1.82, 2.24) is 0 Å². The second-order valence-corrected chi connectivity index (χ2v) is 10.5. The molecule has 0 spiro atoms. The Morgan fingerprint density at radius 3 is 2.33 bits per heavy atom. The lowest BCUT2D eigenvalue weighted by atomic mass is 9.78. The number of hydrogen-bond donors (Lipinski definition) is 3. The Kier molecular flexibility index (Phi) is 5.11. The van der Waals surface area contributed by atoms with E-state index in [0.717, 1.165) is 16.7 Å². The molecular formula is C13H19BO2SSi. The van der Waals surface area contributed by atoms with Gasteiger partial charge in [-0.2, -0.15) is 12.6 Å². The first-order valence-electron chi connectivity index (χ1n) is 5.88. The van der Waals surface area contributed by atoms with Gasteiger partial charge in [0.25, 0.3) is 0 Å². The zero-order valence-electron chi connectivity index (χ0n) is 11.3. The van der Waals surface area contributed by atoms with E-state index in [-0.39, 0.29) is 0 Å². The summed E-state index contributed by atoms with van der Waals surface area (Å²) in [5.74, 6) is 3.74. The highest BCUT2D eigenvalue weighted by atomic mass is 32.1. The molecule has 2 nitrogen and oxygen atoms in total. The van der Waals surface area contributed by atoms with E-state index in [1.807, 2.05) is 6.92 Å². The van der Waals surface area contributed by atoms with Gasteiger partial charge < -0.3 is 10.0 Å². The highest BCUT2D eigenvalue weighted by molar-refractivity contribution is 7.79. The standard InChI is InChI=1S/C13H19BO2SSi/c1-10-11(5-6-18(2,3)4)7-13(14(15)16)8-12(10)9-17/h7-8,15-17H,9H2,1-4H3. The van der Waals surface area contributed by atoms with Crippen LogP contribution < -0.4 is 5.46 Å². The summed E-state index contributed by atoms with van der Waals surface area (Å²) in [5.41, 5.74) is 6.70. The molecule has 0 fully saturated rings. The van der Waals surface area contributed by atoms with Crippen LogP contribution in [-0.4, -0.2) is 25.2 Å². The lowest BCUT2D eigenvalue weighted by molar-refractivity contribution is 0.425. The molecule has 0 bridgehead atoms. The quantitative estimate of drug-likeness (QED) is 0.434. The van der Waals surface area contributed by atoms with Gasteiger partial charge in [-0.05, 0) is 29.6 Å². The van der Waals surface area contributed by atoms with Crippen molar-refractivity contribution >= 4 is 33.3 Å². The van der Waals surface area contributed by atoms with Crippen molar-refractivity contribution in [2.24, 2.45) is 0 Å². The minimum Gasteiger partial charge on any atom is -0.423 e. The summed E-state index contributed by atoms with van der Waals surface area (Å²) in [6.45, 7) is 8.53. The van der Waals surface area contributed by atoms with Crippen molar-refractivity contribution in [1.29, 1.82) is 0 Å². The number of benzene rings is 1. The lowest BCUT2D eigenvalue weighted by Gasteiger charge is -2.10. The van der Waals surface area contributed by atoms with Crippen molar-refractivity contribution < 1.29 is 10.0 Å². The van der Waals surface area contributed by atoms with Crippen LogP contribution in [0, 0.1) is 18.4 Å². The van der Waals surface area contributed by atoms with Gasteiger partial charge in [0.05, 0.1) is 0 Å². The van der Waals surface area contributed by atoms with Crippen molar-refractivity contribution in [3.8, 4) is 11.5 Å². The first-order valence-corrected chi connectivity index (χ1v) is 10.0. The second kappa shape index (κ2) is 5.98. The number of rotatable bonds is 2. The van der Waals surface area contributed by atoms with Gasteiger partial charge in [0, 0.05) is 11.3 Å². The molecule has 0 saturated carbocycles. The van der Waals surface area contributed by atoms with Gasteiger partial charge in [-0.15, -0.1) is 5.54 Å². The first-order chi connectivity index (χ1) is 8.24. The zero-order chi connectivity index (χ0) is 13.9. The Labute approximate surface area is 116 Å². The zero-order valence-corrected chi connectivity index (χ0v) is 13.2. The first kappa shape index (κ1) is 15.4. The van der Waals surface area contributed by atoms with Crippen LogP contribution in [0.1, 0.15) is 16.7 Å². The average molecular weight is 278 g/mol. The van der Waals surface area contributed by atoms with Crippen LogP contribution in [0.25, 0.3) is 0 Å². The van der Waals surface area contributed by atoms with Crippen molar-refractivity contribution in [3.05, 3.63) is 28.8 Å². The summed E-state index contributed by atoms with van der Waals surface area (Å²) in [4.78, 5) is 0. The molecule has 96 valence electrons. The minimum atomic E-state index is -1.46. The molecule has 1 aromatic carbocycles. The predicted octanol–water partition coefficient (Wildman–Crippen LogP) is 1.33. The van der Waals surface area contributed by atoms with E-state index in [1.54, 1.807) is 12.1 Å². The minimum absolute atomic E-state index is 0.476. The van der Waals surface area contributed by atoms with Crippen LogP contribution in [0.2, 0.25) is 19.6 Å². The Morgan fingerprint density at radius 1 is 1.28 bits per heavy atom. The third kappa shape index (κ3) is 4.22. The van der Waals surface area contributed by atoms with Gasteiger partial charge in [-0.25, -0.2) is 0 Å². The summed E-state index contributed by atoms with van der Waals surface area (Å²) < 4.78 is 0. The van der Waals surface area contributed by atoms with Gasteiger partial charge in [0.1, 0.15) is 8.07 Å². The van der Waals surface area contributed by atoms with Crippen LogP contribution in [0.5, 0.6) is 0 Å². The molecule has 0 atom stereocenters. The SMILES string of the molecule is Cc1c(C#C[Si](C)(C)C)cc(B(O)O)cc1CS. The van der Waals surface area contributed by atoms with Gasteiger partial charge in [-0.1, -0.05) is 31.6 Å².